The monoisotopic (exact) mass is 396 g/mol. The summed E-state index contributed by atoms with van der Waals surface area (Å²) in [6.07, 6.45) is 9.25. The molecular weight excluding hydrogens is 372 g/mol. The van der Waals surface area contributed by atoms with Gasteiger partial charge in [-0.2, -0.15) is 0 Å². The predicted octanol–water partition coefficient (Wildman–Crippen LogP) is 5.48. The number of fused-ring (bicyclic) bond motifs is 1. The van der Waals surface area contributed by atoms with Crippen molar-refractivity contribution in [3.8, 4) is 0 Å². The lowest BCUT2D eigenvalue weighted by atomic mass is 9.96. The van der Waals surface area contributed by atoms with Crippen molar-refractivity contribution >= 4 is 35.0 Å². The Bertz CT molecular complexity index is 1040. The molecule has 0 saturated heterocycles. The third-order valence-electron chi connectivity index (χ3n) is 4.85. The third kappa shape index (κ3) is 4.42. The van der Waals surface area contributed by atoms with Crippen LogP contribution in [0.15, 0.2) is 58.4 Å². The first-order valence-corrected chi connectivity index (χ1v) is 9.66. The van der Waals surface area contributed by atoms with Gasteiger partial charge in [-0.1, -0.05) is 50.4 Å². The number of nitrogens with one attached hydrogen (secondary N) is 1. The number of pyridine rings is 1. The number of hydrogen-bond donors (Lipinski definition) is 1. The van der Waals surface area contributed by atoms with Crippen LogP contribution in [0.2, 0.25) is 5.02 Å². The van der Waals surface area contributed by atoms with Gasteiger partial charge in [-0.15, -0.1) is 0 Å². The van der Waals surface area contributed by atoms with Crippen LogP contribution in [0.3, 0.4) is 0 Å². The van der Waals surface area contributed by atoms with Gasteiger partial charge < -0.3 is 5.32 Å². The average Bonchev–Trinajstić information content (AvgIpc) is 2.69. The highest BCUT2D eigenvalue weighted by atomic mass is 35.5. The lowest BCUT2D eigenvalue weighted by Gasteiger charge is -2.17. The van der Waals surface area contributed by atoms with Crippen molar-refractivity contribution in [2.24, 2.45) is 4.99 Å². The Balaban J connectivity index is 0.00000225. The van der Waals surface area contributed by atoms with Crippen LogP contribution >= 0.6 is 11.6 Å². The number of rotatable bonds is 4. The van der Waals surface area contributed by atoms with Crippen LogP contribution in [-0.4, -0.2) is 21.6 Å². The van der Waals surface area contributed by atoms with Crippen LogP contribution in [-0.2, 0) is 0 Å². The fraction of sp³-hybridized carbons (Fsp3) is 0.318. The number of nitrogens with zero attached hydrogens (tertiary/aromatic N) is 3. The molecule has 2 heterocycles. The van der Waals surface area contributed by atoms with Gasteiger partial charge in [-0.25, -0.2) is 4.98 Å². The van der Waals surface area contributed by atoms with Gasteiger partial charge in [0.1, 0.15) is 17.0 Å². The number of hydrogen-bond acceptors (Lipinski definition) is 4. The summed E-state index contributed by atoms with van der Waals surface area (Å²) < 4.78 is 1.55. The molecule has 0 spiro atoms. The fourth-order valence-corrected chi connectivity index (χ4v) is 3.62. The van der Waals surface area contributed by atoms with Gasteiger partial charge in [0.15, 0.2) is 0 Å². The Labute approximate surface area is 170 Å². The minimum atomic E-state index is -0.135. The molecule has 28 heavy (non-hydrogen) atoms. The Morgan fingerprint density at radius 3 is 2.75 bits per heavy atom. The van der Waals surface area contributed by atoms with Crippen molar-refractivity contribution in [2.75, 3.05) is 5.32 Å². The molecule has 0 atom stereocenters. The highest BCUT2D eigenvalue weighted by Gasteiger charge is 2.14. The van der Waals surface area contributed by atoms with Gasteiger partial charge in [0.25, 0.3) is 5.56 Å². The zero-order chi connectivity index (χ0) is 18.6. The first-order valence-electron chi connectivity index (χ1n) is 9.28. The minimum Gasteiger partial charge on any atom is -0.339 e. The largest absolute Gasteiger partial charge is 0.339 e. The molecule has 0 radical (unpaired) electrons. The molecule has 4 rings (SSSR count). The summed E-state index contributed by atoms with van der Waals surface area (Å²) in [5, 5.41) is 3.85. The van der Waals surface area contributed by atoms with Crippen LogP contribution in [0, 0.1) is 0 Å². The summed E-state index contributed by atoms with van der Waals surface area (Å²) in [6.45, 7) is 0. The molecule has 3 aromatic rings. The summed E-state index contributed by atoms with van der Waals surface area (Å²) in [4.78, 5) is 22.4. The maximum atomic E-state index is 13.0. The summed E-state index contributed by atoms with van der Waals surface area (Å²) >= 11 is 6.09. The predicted molar refractivity (Wildman–Crippen MR) is 117 cm³/mol. The van der Waals surface area contributed by atoms with Crippen molar-refractivity contribution < 1.29 is 0 Å². The summed E-state index contributed by atoms with van der Waals surface area (Å²) in [6, 6.07) is 13.1. The topological polar surface area (TPSA) is 58.8 Å². The molecule has 2 aromatic heterocycles. The molecule has 1 N–H and O–H groups in total. The normalized spacial score (nSPS) is 14.9. The van der Waals surface area contributed by atoms with E-state index >= 15 is 0 Å². The second kappa shape index (κ2) is 9.02. The maximum Gasteiger partial charge on any atom is 0.268 e. The number of aromatic nitrogens is 2. The highest BCUT2D eigenvalue weighted by Crippen LogP contribution is 2.22. The van der Waals surface area contributed by atoms with E-state index in [9.17, 15) is 4.79 Å². The zero-order valence-corrected chi connectivity index (χ0v) is 15.7. The SMILES string of the molecule is C.O=c1c(C=NC2CCCCC2)c(Nc2cccc(Cl)c2)nc2ccccn12. The van der Waals surface area contributed by atoms with Gasteiger partial charge in [0, 0.05) is 29.2 Å². The van der Waals surface area contributed by atoms with Crippen LogP contribution in [0.5, 0.6) is 0 Å². The number of benzene rings is 1. The molecule has 1 fully saturated rings. The molecule has 1 saturated carbocycles. The van der Waals surface area contributed by atoms with Gasteiger partial charge in [-0.05, 0) is 43.2 Å². The van der Waals surface area contributed by atoms with Gasteiger partial charge in [-0.3, -0.25) is 14.2 Å². The van der Waals surface area contributed by atoms with Gasteiger partial charge >= 0.3 is 0 Å². The fourth-order valence-electron chi connectivity index (χ4n) is 3.43. The van der Waals surface area contributed by atoms with E-state index in [2.05, 4.69) is 10.3 Å². The Hall–Kier alpha value is -2.66. The highest BCUT2D eigenvalue weighted by molar-refractivity contribution is 6.30. The van der Waals surface area contributed by atoms with Crippen molar-refractivity contribution in [3.05, 3.63) is 69.6 Å². The van der Waals surface area contributed by atoms with E-state index in [1.54, 1.807) is 28.9 Å². The summed E-state index contributed by atoms with van der Waals surface area (Å²) in [5.74, 6) is 0.494. The van der Waals surface area contributed by atoms with E-state index in [0.29, 0.717) is 22.1 Å². The molecule has 0 amide bonds. The number of aliphatic imine (C=N–C) groups is 1. The Morgan fingerprint density at radius 1 is 1.14 bits per heavy atom. The van der Waals surface area contributed by atoms with Crippen LogP contribution in [0.1, 0.15) is 45.1 Å². The lowest BCUT2D eigenvalue weighted by molar-refractivity contribution is 0.444. The van der Waals surface area contributed by atoms with Crippen LogP contribution < -0.4 is 10.9 Å². The first-order chi connectivity index (χ1) is 13.2. The second-order valence-electron chi connectivity index (χ2n) is 6.81. The van der Waals surface area contributed by atoms with Gasteiger partial charge in [0.05, 0.1) is 0 Å². The number of anilines is 2. The van der Waals surface area contributed by atoms with Crippen molar-refractivity contribution in [1.82, 2.24) is 9.38 Å². The summed E-state index contributed by atoms with van der Waals surface area (Å²) in [5.41, 5.74) is 1.69. The second-order valence-corrected chi connectivity index (χ2v) is 7.25. The molecule has 1 aliphatic carbocycles. The van der Waals surface area contributed by atoms with Crippen LogP contribution in [0.4, 0.5) is 11.5 Å². The average molecular weight is 397 g/mol. The standard InChI is InChI=1S/C21H21ClN4O.CH4/c22-15-7-6-10-17(13-15)24-20-18(14-23-16-8-2-1-3-9-16)21(27)26-12-5-4-11-19(26)25-20;/h4-7,10-14,16,24H,1-3,8-9H2;1H4. The van der Waals surface area contributed by atoms with E-state index in [-0.39, 0.29) is 19.0 Å². The zero-order valence-electron chi connectivity index (χ0n) is 14.9. The van der Waals surface area contributed by atoms with Crippen molar-refractivity contribution in [3.63, 3.8) is 0 Å². The molecule has 1 aromatic carbocycles. The van der Waals surface area contributed by atoms with E-state index in [4.69, 9.17) is 16.6 Å². The van der Waals surface area contributed by atoms with E-state index < -0.39 is 0 Å². The maximum absolute atomic E-state index is 13.0. The van der Waals surface area contributed by atoms with Crippen LogP contribution in [0.25, 0.3) is 5.65 Å². The summed E-state index contributed by atoms with van der Waals surface area (Å²) in [7, 11) is 0. The number of halogens is 1. The van der Waals surface area contributed by atoms with E-state index in [0.717, 1.165) is 18.5 Å². The van der Waals surface area contributed by atoms with Crippen molar-refractivity contribution in [2.45, 2.75) is 45.6 Å². The quantitative estimate of drug-likeness (QED) is 0.594. The van der Waals surface area contributed by atoms with Gasteiger partial charge in [0.2, 0.25) is 0 Å². The first kappa shape index (κ1) is 20.1. The molecule has 0 aliphatic heterocycles. The van der Waals surface area contributed by atoms with E-state index in [1.165, 1.54) is 19.3 Å². The Morgan fingerprint density at radius 2 is 1.96 bits per heavy atom. The lowest BCUT2D eigenvalue weighted by Crippen LogP contribution is -2.22. The Kier molecular flexibility index (Phi) is 6.47. The third-order valence-corrected chi connectivity index (χ3v) is 5.08. The molecule has 6 heteroatoms. The molecule has 146 valence electrons. The molecular formula is C22H25ClN4O. The molecule has 1 aliphatic rings. The molecule has 0 unspecified atom stereocenters. The molecule has 5 nitrogen and oxygen atoms in total. The van der Waals surface area contributed by atoms with E-state index in [1.807, 2.05) is 30.3 Å². The minimum absolute atomic E-state index is 0. The van der Waals surface area contributed by atoms with Crippen molar-refractivity contribution in [1.29, 1.82) is 0 Å². The smallest absolute Gasteiger partial charge is 0.268 e. The molecule has 0 bridgehead atoms.